The van der Waals surface area contributed by atoms with Crippen molar-refractivity contribution >= 4 is 35.8 Å². The SMILES string of the molecule is CC1(N)CCCCC1C(=O)N1CCN(C(=O)Cc2ccccc2Cl)CC1.Cl. The fourth-order valence-corrected chi connectivity index (χ4v) is 4.28. The van der Waals surface area contributed by atoms with Crippen LogP contribution in [0.25, 0.3) is 0 Å². The van der Waals surface area contributed by atoms with Gasteiger partial charge in [-0.2, -0.15) is 0 Å². The van der Waals surface area contributed by atoms with Crippen molar-refractivity contribution in [2.45, 2.75) is 44.6 Å². The highest BCUT2D eigenvalue weighted by molar-refractivity contribution is 6.31. The molecule has 27 heavy (non-hydrogen) atoms. The fourth-order valence-electron chi connectivity index (χ4n) is 4.08. The Balaban J connectivity index is 0.00000261. The molecule has 1 aromatic rings. The Kier molecular flexibility index (Phi) is 7.55. The van der Waals surface area contributed by atoms with E-state index in [0.717, 1.165) is 31.2 Å². The molecule has 1 heterocycles. The number of benzene rings is 1. The van der Waals surface area contributed by atoms with Crippen LogP contribution in [0.5, 0.6) is 0 Å². The predicted molar refractivity (Wildman–Crippen MR) is 110 cm³/mol. The first kappa shape index (κ1) is 22.0. The molecule has 0 spiro atoms. The molecule has 5 nitrogen and oxygen atoms in total. The van der Waals surface area contributed by atoms with Gasteiger partial charge in [-0.15, -0.1) is 12.4 Å². The number of amides is 2. The molecular formula is C20H29Cl2N3O2. The molecule has 2 N–H and O–H groups in total. The van der Waals surface area contributed by atoms with E-state index in [-0.39, 0.29) is 30.1 Å². The van der Waals surface area contributed by atoms with Crippen LogP contribution >= 0.6 is 24.0 Å². The van der Waals surface area contributed by atoms with Crippen molar-refractivity contribution in [1.82, 2.24) is 9.80 Å². The van der Waals surface area contributed by atoms with Gasteiger partial charge in [0.15, 0.2) is 0 Å². The lowest BCUT2D eigenvalue weighted by Crippen LogP contribution is -2.57. The molecule has 2 amide bonds. The van der Waals surface area contributed by atoms with E-state index < -0.39 is 5.54 Å². The Morgan fingerprint density at radius 3 is 2.41 bits per heavy atom. The van der Waals surface area contributed by atoms with Gasteiger partial charge in [0.2, 0.25) is 11.8 Å². The number of nitrogens with two attached hydrogens (primary N) is 1. The molecule has 2 fully saturated rings. The first-order chi connectivity index (χ1) is 12.4. The molecule has 150 valence electrons. The number of rotatable bonds is 3. The quantitative estimate of drug-likeness (QED) is 0.827. The summed E-state index contributed by atoms with van der Waals surface area (Å²) in [6, 6.07) is 7.43. The Morgan fingerprint density at radius 1 is 1.15 bits per heavy atom. The Hall–Kier alpha value is -1.30. The molecule has 2 atom stereocenters. The number of hydrogen-bond acceptors (Lipinski definition) is 3. The predicted octanol–water partition coefficient (Wildman–Crippen LogP) is 2.88. The van der Waals surface area contributed by atoms with Gasteiger partial charge in [0.05, 0.1) is 12.3 Å². The molecule has 1 aromatic carbocycles. The number of carbonyl (C=O) groups is 2. The van der Waals surface area contributed by atoms with E-state index in [1.807, 2.05) is 34.9 Å². The maximum absolute atomic E-state index is 12.9. The number of hydrogen-bond donors (Lipinski definition) is 1. The summed E-state index contributed by atoms with van der Waals surface area (Å²) in [5.41, 5.74) is 6.82. The standard InChI is InChI=1S/C20H28ClN3O2.ClH/c1-20(22)9-5-4-7-16(20)19(26)24-12-10-23(11-13-24)18(25)14-15-6-2-3-8-17(15)21;/h2-3,6,8,16H,4-5,7,9-14,22H2,1H3;1H. The van der Waals surface area contributed by atoms with Gasteiger partial charge in [-0.3, -0.25) is 9.59 Å². The summed E-state index contributed by atoms with van der Waals surface area (Å²) in [5.74, 6) is 0.126. The zero-order valence-corrected chi connectivity index (χ0v) is 17.4. The van der Waals surface area contributed by atoms with Crippen molar-refractivity contribution < 1.29 is 9.59 Å². The number of carbonyl (C=O) groups excluding carboxylic acids is 2. The van der Waals surface area contributed by atoms with Gasteiger partial charge in [0.25, 0.3) is 0 Å². The van der Waals surface area contributed by atoms with Crippen LogP contribution in [0, 0.1) is 5.92 Å². The third-order valence-electron chi connectivity index (χ3n) is 5.80. The molecule has 2 aliphatic rings. The maximum atomic E-state index is 12.9. The van der Waals surface area contributed by atoms with Crippen molar-refractivity contribution in [1.29, 1.82) is 0 Å². The highest BCUT2D eigenvalue weighted by Crippen LogP contribution is 2.33. The highest BCUT2D eigenvalue weighted by atomic mass is 35.5. The second-order valence-electron chi connectivity index (χ2n) is 7.78. The summed E-state index contributed by atoms with van der Waals surface area (Å²) in [6.07, 6.45) is 4.24. The molecule has 2 unspecified atom stereocenters. The lowest BCUT2D eigenvalue weighted by Gasteiger charge is -2.42. The lowest BCUT2D eigenvalue weighted by molar-refractivity contribution is -0.144. The molecule has 7 heteroatoms. The average molecular weight is 414 g/mol. The second kappa shape index (κ2) is 9.26. The minimum Gasteiger partial charge on any atom is -0.339 e. The molecule has 1 saturated heterocycles. The fraction of sp³-hybridized carbons (Fsp3) is 0.600. The van der Waals surface area contributed by atoms with E-state index in [4.69, 9.17) is 17.3 Å². The van der Waals surface area contributed by atoms with Gasteiger partial charge < -0.3 is 15.5 Å². The Labute approximate surface area is 172 Å². The summed E-state index contributed by atoms with van der Waals surface area (Å²) in [4.78, 5) is 29.2. The van der Waals surface area contributed by atoms with E-state index in [1.54, 1.807) is 6.07 Å². The van der Waals surface area contributed by atoms with Crippen LogP contribution in [0.2, 0.25) is 5.02 Å². The zero-order chi connectivity index (χ0) is 18.7. The molecule has 1 aliphatic heterocycles. The smallest absolute Gasteiger partial charge is 0.227 e. The summed E-state index contributed by atoms with van der Waals surface area (Å²) in [5, 5.41) is 0.620. The molecule has 0 bridgehead atoms. The molecule has 0 aromatic heterocycles. The monoisotopic (exact) mass is 413 g/mol. The van der Waals surface area contributed by atoms with Crippen LogP contribution in [0.3, 0.4) is 0 Å². The summed E-state index contributed by atoms with van der Waals surface area (Å²) < 4.78 is 0. The zero-order valence-electron chi connectivity index (χ0n) is 15.8. The molecule has 1 aliphatic carbocycles. The topological polar surface area (TPSA) is 66.6 Å². The van der Waals surface area contributed by atoms with E-state index in [2.05, 4.69) is 0 Å². The van der Waals surface area contributed by atoms with Crippen LogP contribution in [0.15, 0.2) is 24.3 Å². The van der Waals surface area contributed by atoms with Crippen LogP contribution in [0.1, 0.15) is 38.2 Å². The molecule has 3 rings (SSSR count). The molecule has 0 radical (unpaired) electrons. The van der Waals surface area contributed by atoms with Crippen molar-refractivity contribution in [2.24, 2.45) is 11.7 Å². The number of nitrogens with zero attached hydrogens (tertiary/aromatic N) is 2. The molecular weight excluding hydrogens is 385 g/mol. The van der Waals surface area contributed by atoms with Crippen molar-refractivity contribution in [3.8, 4) is 0 Å². The highest BCUT2D eigenvalue weighted by Gasteiger charge is 2.40. The molecule has 1 saturated carbocycles. The first-order valence-corrected chi connectivity index (χ1v) is 9.85. The Bertz CT molecular complexity index is 673. The van der Waals surface area contributed by atoms with Crippen LogP contribution in [-0.2, 0) is 16.0 Å². The van der Waals surface area contributed by atoms with E-state index >= 15 is 0 Å². The van der Waals surface area contributed by atoms with Gasteiger partial charge in [-0.05, 0) is 31.4 Å². The van der Waals surface area contributed by atoms with Crippen molar-refractivity contribution in [3.63, 3.8) is 0 Å². The van der Waals surface area contributed by atoms with Crippen molar-refractivity contribution in [2.75, 3.05) is 26.2 Å². The van der Waals surface area contributed by atoms with Gasteiger partial charge in [0.1, 0.15) is 0 Å². The minimum absolute atomic E-state index is 0. The largest absolute Gasteiger partial charge is 0.339 e. The van der Waals surface area contributed by atoms with Crippen LogP contribution in [-0.4, -0.2) is 53.3 Å². The lowest BCUT2D eigenvalue weighted by atomic mass is 9.74. The van der Waals surface area contributed by atoms with Crippen LogP contribution < -0.4 is 5.73 Å². The second-order valence-corrected chi connectivity index (χ2v) is 8.19. The van der Waals surface area contributed by atoms with Gasteiger partial charge >= 0.3 is 0 Å². The normalized spacial score (nSPS) is 25.7. The summed E-state index contributed by atoms with van der Waals surface area (Å²) >= 11 is 6.15. The third kappa shape index (κ3) is 5.15. The van der Waals surface area contributed by atoms with Gasteiger partial charge in [-0.25, -0.2) is 0 Å². The third-order valence-corrected chi connectivity index (χ3v) is 6.16. The average Bonchev–Trinajstić information content (AvgIpc) is 2.63. The van der Waals surface area contributed by atoms with Crippen LogP contribution in [0.4, 0.5) is 0 Å². The Morgan fingerprint density at radius 2 is 1.78 bits per heavy atom. The minimum atomic E-state index is -0.410. The number of piperazine rings is 1. The first-order valence-electron chi connectivity index (χ1n) is 9.47. The number of halogens is 2. The van der Waals surface area contributed by atoms with Gasteiger partial charge in [-0.1, -0.05) is 42.6 Å². The van der Waals surface area contributed by atoms with E-state index in [0.29, 0.717) is 37.6 Å². The summed E-state index contributed by atoms with van der Waals surface area (Å²) in [6.45, 7) is 4.31. The van der Waals surface area contributed by atoms with Gasteiger partial charge in [0, 0.05) is 36.7 Å². The van der Waals surface area contributed by atoms with E-state index in [1.165, 1.54) is 0 Å². The summed E-state index contributed by atoms with van der Waals surface area (Å²) in [7, 11) is 0. The maximum Gasteiger partial charge on any atom is 0.227 e. The van der Waals surface area contributed by atoms with E-state index in [9.17, 15) is 9.59 Å². The van der Waals surface area contributed by atoms with Crippen molar-refractivity contribution in [3.05, 3.63) is 34.9 Å².